The number of aromatic nitrogens is 1. The Labute approximate surface area is 134 Å². The van der Waals surface area contributed by atoms with E-state index < -0.39 is 17.6 Å². The Morgan fingerprint density at radius 2 is 1.87 bits per heavy atom. The van der Waals surface area contributed by atoms with Gasteiger partial charge in [0.05, 0.1) is 17.7 Å². The SMILES string of the molecule is CC(CC(=O)O)(NC(=O)OCc1ccccc1)c1ccccn1. The number of pyridine rings is 1. The molecule has 2 aromatic rings. The number of nitrogens with one attached hydrogen (secondary N) is 1. The minimum atomic E-state index is -1.15. The van der Waals surface area contributed by atoms with Crippen LogP contribution < -0.4 is 5.32 Å². The number of carbonyl (C=O) groups excluding carboxylic acids is 1. The number of carbonyl (C=O) groups is 2. The molecular formula is C17H18N2O4. The molecule has 120 valence electrons. The number of aliphatic carboxylic acids is 1. The molecule has 2 rings (SSSR count). The number of hydrogen-bond acceptors (Lipinski definition) is 4. The van der Waals surface area contributed by atoms with E-state index in [0.29, 0.717) is 5.69 Å². The summed E-state index contributed by atoms with van der Waals surface area (Å²) in [6.45, 7) is 1.71. The molecule has 1 heterocycles. The maximum atomic E-state index is 12.0. The standard InChI is InChI=1S/C17H18N2O4/c1-17(11-15(20)21,14-9-5-6-10-18-14)19-16(22)23-12-13-7-3-2-4-8-13/h2-10H,11-12H2,1H3,(H,19,22)(H,20,21). The van der Waals surface area contributed by atoms with E-state index in [1.54, 1.807) is 31.3 Å². The number of amides is 1. The molecule has 1 aromatic heterocycles. The van der Waals surface area contributed by atoms with Gasteiger partial charge >= 0.3 is 12.1 Å². The number of carboxylic acid groups (broad SMARTS) is 1. The highest BCUT2D eigenvalue weighted by atomic mass is 16.5. The van der Waals surface area contributed by atoms with Gasteiger partial charge in [-0.1, -0.05) is 36.4 Å². The summed E-state index contributed by atoms with van der Waals surface area (Å²) >= 11 is 0. The van der Waals surface area contributed by atoms with Crippen LogP contribution in [0.1, 0.15) is 24.6 Å². The third kappa shape index (κ3) is 4.81. The average Bonchev–Trinajstić information content (AvgIpc) is 2.54. The fourth-order valence-corrected chi connectivity index (χ4v) is 2.17. The highest BCUT2D eigenvalue weighted by Crippen LogP contribution is 2.23. The van der Waals surface area contributed by atoms with Crippen molar-refractivity contribution >= 4 is 12.1 Å². The number of benzene rings is 1. The number of nitrogens with zero attached hydrogens (tertiary/aromatic N) is 1. The van der Waals surface area contributed by atoms with Crippen LogP contribution in [-0.4, -0.2) is 22.2 Å². The molecule has 1 amide bonds. The molecule has 0 aliphatic carbocycles. The van der Waals surface area contributed by atoms with Gasteiger partial charge in [0, 0.05) is 6.20 Å². The minimum absolute atomic E-state index is 0.109. The van der Waals surface area contributed by atoms with Crippen molar-refractivity contribution in [3.05, 3.63) is 66.0 Å². The summed E-state index contributed by atoms with van der Waals surface area (Å²) in [4.78, 5) is 27.3. The highest BCUT2D eigenvalue weighted by molar-refractivity contribution is 5.73. The number of rotatable bonds is 6. The molecule has 0 spiro atoms. The molecule has 1 aromatic carbocycles. The Morgan fingerprint density at radius 3 is 2.48 bits per heavy atom. The summed E-state index contributed by atoms with van der Waals surface area (Å²) < 4.78 is 5.16. The Morgan fingerprint density at radius 1 is 1.17 bits per heavy atom. The predicted molar refractivity (Wildman–Crippen MR) is 83.6 cm³/mol. The van der Waals surface area contributed by atoms with E-state index in [2.05, 4.69) is 10.3 Å². The van der Waals surface area contributed by atoms with Crippen LogP contribution in [0.4, 0.5) is 4.79 Å². The van der Waals surface area contributed by atoms with Gasteiger partial charge in [-0.25, -0.2) is 4.79 Å². The Kier molecular flexibility index (Phi) is 5.30. The monoisotopic (exact) mass is 314 g/mol. The number of carboxylic acids is 1. The molecule has 1 unspecified atom stereocenters. The Bertz CT molecular complexity index is 661. The van der Waals surface area contributed by atoms with Gasteiger partial charge in [-0.05, 0) is 24.6 Å². The Balaban J connectivity index is 2.05. The van der Waals surface area contributed by atoms with Gasteiger partial charge in [-0.2, -0.15) is 0 Å². The molecule has 6 nitrogen and oxygen atoms in total. The lowest BCUT2D eigenvalue weighted by Crippen LogP contribution is -2.45. The van der Waals surface area contributed by atoms with E-state index in [4.69, 9.17) is 9.84 Å². The van der Waals surface area contributed by atoms with Crippen molar-refractivity contribution in [1.82, 2.24) is 10.3 Å². The van der Waals surface area contributed by atoms with Gasteiger partial charge in [0.1, 0.15) is 6.61 Å². The maximum Gasteiger partial charge on any atom is 0.408 e. The van der Waals surface area contributed by atoms with Gasteiger partial charge < -0.3 is 15.2 Å². The molecule has 0 aliphatic rings. The van der Waals surface area contributed by atoms with Crippen molar-refractivity contribution in [2.75, 3.05) is 0 Å². The summed E-state index contributed by atoms with van der Waals surface area (Å²) in [6.07, 6.45) is 0.555. The predicted octanol–water partition coefficient (Wildman–Crippen LogP) is 2.70. The van der Waals surface area contributed by atoms with Gasteiger partial charge in [0.25, 0.3) is 0 Å². The molecule has 0 saturated heterocycles. The maximum absolute atomic E-state index is 12.0. The lowest BCUT2D eigenvalue weighted by atomic mass is 9.93. The van der Waals surface area contributed by atoms with Crippen LogP contribution >= 0.6 is 0 Å². The second kappa shape index (κ2) is 7.40. The van der Waals surface area contributed by atoms with E-state index in [0.717, 1.165) is 5.56 Å². The minimum Gasteiger partial charge on any atom is -0.481 e. The largest absolute Gasteiger partial charge is 0.481 e. The zero-order valence-corrected chi connectivity index (χ0v) is 12.7. The topological polar surface area (TPSA) is 88.5 Å². The van der Waals surface area contributed by atoms with Crippen molar-refractivity contribution in [2.45, 2.75) is 25.5 Å². The van der Waals surface area contributed by atoms with Crippen LogP contribution in [-0.2, 0) is 21.7 Å². The molecule has 0 aliphatic heterocycles. The van der Waals surface area contributed by atoms with Gasteiger partial charge in [-0.15, -0.1) is 0 Å². The zero-order chi connectivity index (χ0) is 16.7. The lowest BCUT2D eigenvalue weighted by molar-refractivity contribution is -0.138. The van der Waals surface area contributed by atoms with Crippen LogP contribution in [0.25, 0.3) is 0 Å². The van der Waals surface area contributed by atoms with Crippen LogP contribution in [0.3, 0.4) is 0 Å². The van der Waals surface area contributed by atoms with E-state index >= 15 is 0 Å². The van der Waals surface area contributed by atoms with Gasteiger partial charge in [0.15, 0.2) is 0 Å². The summed E-state index contributed by atoms with van der Waals surface area (Å²) in [5, 5.41) is 11.7. The van der Waals surface area contributed by atoms with E-state index in [1.807, 2.05) is 30.3 Å². The van der Waals surface area contributed by atoms with Crippen LogP contribution in [0, 0.1) is 0 Å². The molecule has 6 heteroatoms. The zero-order valence-electron chi connectivity index (χ0n) is 12.7. The van der Waals surface area contributed by atoms with E-state index in [-0.39, 0.29) is 13.0 Å². The first-order valence-electron chi connectivity index (χ1n) is 7.12. The fraction of sp³-hybridized carbons (Fsp3) is 0.235. The molecule has 1 atom stereocenters. The average molecular weight is 314 g/mol. The lowest BCUT2D eigenvalue weighted by Gasteiger charge is -2.28. The summed E-state index contributed by atoms with van der Waals surface area (Å²) in [6, 6.07) is 14.4. The van der Waals surface area contributed by atoms with Crippen LogP contribution in [0.15, 0.2) is 54.7 Å². The van der Waals surface area contributed by atoms with Crippen molar-refractivity contribution in [2.24, 2.45) is 0 Å². The molecular weight excluding hydrogens is 296 g/mol. The van der Waals surface area contributed by atoms with Crippen molar-refractivity contribution in [3.8, 4) is 0 Å². The third-order valence-corrected chi connectivity index (χ3v) is 3.33. The molecule has 2 N–H and O–H groups in total. The first-order valence-corrected chi connectivity index (χ1v) is 7.12. The number of alkyl carbamates (subject to hydrolysis) is 1. The molecule has 0 saturated carbocycles. The first kappa shape index (κ1) is 16.5. The van der Waals surface area contributed by atoms with Crippen molar-refractivity contribution in [1.29, 1.82) is 0 Å². The Hall–Kier alpha value is -2.89. The van der Waals surface area contributed by atoms with Crippen LogP contribution in [0.2, 0.25) is 0 Å². The van der Waals surface area contributed by atoms with Crippen molar-refractivity contribution < 1.29 is 19.4 Å². The van der Waals surface area contributed by atoms with Crippen molar-refractivity contribution in [3.63, 3.8) is 0 Å². The highest BCUT2D eigenvalue weighted by Gasteiger charge is 2.33. The summed E-state index contributed by atoms with van der Waals surface area (Å²) in [7, 11) is 0. The van der Waals surface area contributed by atoms with E-state index in [1.165, 1.54) is 0 Å². The third-order valence-electron chi connectivity index (χ3n) is 3.33. The second-order valence-electron chi connectivity index (χ2n) is 5.30. The quantitative estimate of drug-likeness (QED) is 0.856. The molecule has 0 radical (unpaired) electrons. The fourth-order valence-electron chi connectivity index (χ4n) is 2.17. The first-order chi connectivity index (χ1) is 11.0. The van der Waals surface area contributed by atoms with Gasteiger partial charge in [-0.3, -0.25) is 9.78 Å². The molecule has 0 fully saturated rings. The smallest absolute Gasteiger partial charge is 0.408 e. The normalized spacial score (nSPS) is 12.9. The number of hydrogen-bond donors (Lipinski definition) is 2. The molecule has 23 heavy (non-hydrogen) atoms. The van der Waals surface area contributed by atoms with Gasteiger partial charge in [0.2, 0.25) is 0 Å². The second-order valence-corrected chi connectivity index (χ2v) is 5.30. The summed E-state index contributed by atoms with van der Waals surface area (Å²) in [5.74, 6) is -1.04. The molecule has 0 bridgehead atoms. The van der Waals surface area contributed by atoms with E-state index in [9.17, 15) is 9.59 Å². The van der Waals surface area contributed by atoms with Crippen LogP contribution in [0.5, 0.6) is 0 Å². The summed E-state index contributed by atoms with van der Waals surface area (Å²) in [5.41, 5.74) is 0.153. The number of ether oxygens (including phenoxy) is 1.